The van der Waals surface area contributed by atoms with Gasteiger partial charge in [-0.15, -0.1) is 0 Å². The van der Waals surface area contributed by atoms with Crippen LogP contribution in [-0.4, -0.2) is 58.7 Å². The SMILES string of the molecule is CC(C)CC(NC(=O)C(CC(C)C)NC(=O)C(NC(=O)C(N)CS)C(C)C)C(=O)O. The van der Waals surface area contributed by atoms with E-state index < -0.39 is 47.9 Å². The zero-order valence-corrected chi connectivity index (χ0v) is 19.7. The van der Waals surface area contributed by atoms with Gasteiger partial charge in [-0.25, -0.2) is 4.79 Å². The molecule has 3 amide bonds. The first kappa shape index (κ1) is 28.2. The Hall–Kier alpha value is -1.81. The Labute approximate surface area is 184 Å². The summed E-state index contributed by atoms with van der Waals surface area (Å²) in [6, 6.07) is -3.72. The van der Waals surface area contributed by atoms with Crippen LogP contribution in [-0.2, 0) is 19.2 Å². The van der Waals surface area contributed by atoms with E-state index in [1.54, 1.807) is 13.8 Å². The molecule has 10 heteroatoms. The Bertz CT molecular complexity index is 598. The van der Waals surface area contributed by atoms with Crippen LogP contribution < -0.4 is 21.7 Å². The first-order chi connectivity index (χ1) is 13.8. The fourth-order valence-electron chi connectivity index (χ4n) is 2.81. The molecule has 0 rings (SSSR count). The van der Waals surface area contributed by atoms with Crippen LogP contribution in [0.1, 0.15) is 54.4 Å². The number of carboxylic acids is 1. The van der Waals surface area contributed by atoms with Crippen molar-refractivity contribution in [3.8, 4) is 0 Å². The second kappa shape index (κ2) is 13.5. The predicted molar refractivity (Wildman–Crippen MR) is 119 cm³/mol. The lowest BCUT2D eigenvalue weighted by Crippen LogP contribution is -2.58. The van der Waals surface area contributed by atoms with Crippen molar-refractivity contribution in [3.05, 3.63) is 0 Å². The van der Waals surface area contributed by atoms with Crippen molar-refractivity contribution in [1.29, 1.82) is 0 Å². The molecule has 0 saturated carbocycles. The third-order valence-electron chi connectivity index (χ3n) is 4.44. The normalized spacial score (nSPS) is 15.4. The highest BCUT2D eigenvalue weighted by Crippen LogP contribution is 2.10. The highest BCUT2D eigenvalue weighted by atomic mass is 32.1. The van der Waals surface area contributed by atoms with Crippen molar-refractivity contribution in [2.24, 2.45) is 23.5 Å². The summed E-state index contributed by atoms with van der Waals surface area (Å²) in [6.45, 7) is 11.0. The average Bonchev–Trinajstić information content (AvgIpc) is 2.62. The van der Waals surface area contributed by atoms with E-state index in [4.69, 9.17) is 5.73 Å². The zero-order valence-electron chi connectivity index (χ0n) is 18.8. The highest BCUT2D eigenvalue weighted by molar-refractivity contribution is 7.80. The molecule has 9 nitrogen and oxygen atoms in total. The first-order valence-corrected chi connectivity index (χ1v) is 10.9. The second-order valence-corrected chi connectivity index (χ2v) is 9.10. The minimum absolute atomic E-state index is 0.0686. The lowest BCUT2D eigenvalue weighted by molar-refractivity contribution is -0.143. The van der Waals surface area contributed by atoms with Gasteiger partial charge in [-0.1, -0.05) is 41.5 Å². The van der Waals surface area contributed by atoms with Gasteiger partial charge in [0.2, 0.25) is 17.7 Å². The molecular weight excluding hydrogens is 408 g/mol. The van der Waals surface area contributed by atoms with Gasteiger partial charge in [0.15, 0.2) is 0 Å². The largest absolute Gasteiger partial charge is 0.480 e. The summed E-state index contributed by atoms with van der Waals surface area (Å²) in [5.41, 5.74) is 5.66. The molecule has 0 aromatic heterocycles. The summed E-state index contributed by atoms with van der Waals surface area (Å²) in [6.07, 6.45) is 0.593. The fraction of sp³-hybridized carbons (Fsp3) is 0.800. The molecule has 0 heterocycles. The van der Waals surface area contributed by atoms with Gasteiger partial charge in [-0.3, -0.25) is 14.4 Å². The van der Waals surface area contributed by atoms with E-state index in [-0.39, 0.29) is 29.9 Å². The molecule has 0 fully saturated rings. The van der Waals surface area contributed by atoms with Crippen molar-refractivity contribution in [2.75, 3.05) is 5.75 Å². The van der Waals surface area contributed by atoms with E-state index in [1.807, 2.05) is 27.7 Å². The molecule has 0 aromatic rings. The lowest BCUT2D eigenvalue weighted by atomic mass is 9.98. The molecular formula is C20H38N4O5S. The number of carboxylic acid groups (broad SMARTS) is 1. The Morgan fingerprint density at radius 1 is 0.800 bits per heavy atom. The van der Waals surface area contributed by atoms with Gasteiger partial charge < -0.3 is 26.8 Å². The summed E-state index contributed by atoms with van der Waals surface area (Å²) in [4.78, 5) is 49.2. The van der Waals surface area contributed by atoms with E-state index in [2.05, 4.69) is 28.6 Å². The summed E-state index contributed by atoms with van der Waals surface area (Å²) >= 11 is 3.99. The van der Waals surface area contributed by atoms with E-state index in [0.717, 1.165) is 0 Å². The molecule has 30 heavy (non-hydrogen) atoms. The van der Waals surface area contributed by atoms with Crippen LogP contribution in [0.4, 0.5) is 0 Å². The van der Waals surface area contributed by atoms with Gasteiger partial charge in [0, 0.05) is 5.75 Å². The number of nitrogens with one attached hydrogen (secondary N) is 3. The smallest absolute Gasteiger partial charge is 0.326 e. The third kappa shape index (κ3) is 10.3. The van der Waals surface area contributed by atoms with E-state index in [1.165, 1.54) is 0 Å². The Kier molecular flexibility index (Phi) is 12.7. The van der Waals surface area contributed by atoms with Crippen LogP contribution in [0.3, 0.4) is 0 Å². The van der Waals surface area contributed by atoms with E-state index in [0.29, 0.717) is 6.42 Å². The van der Waals surface area contributed by atoms with Gasteiger partial charge in [0.05, 0.1) is 6.04 Å². The summed E-state index contributed by atoms with van der Waals surface area (Å²) in [5.74, 6) is -2.71. The van der Waals surface area contributed by atoms with Crippen LogP contribution in [0.2, 0.25) is 0 Å². The molecule has 0 aromatic carbocycles. The molecule has 6 N–H and O–H groups in total. The highest BCUT2D eigenvalue weighted by Gasteiger charge is 2.32. The number of rotatable bonds is 13. The van der Waals surface area contributed by atoms with Crippen LogP contribution in [0.15, 0.2) is 0 Å². The van der Waals surface area contributed by atoms with Gasteiger partial charge in [-0.2, -0.15) is 12.6 Å². The van der Waals surface area contributed by atoms with Crippen LogP contribution in [0, 0.1) is 17.8 Å². The molecule has 174 valence electrons. The number of nitrogens with two attached hydrogens (primary N) is 1. The van der Waals surface area contributed by atoms with Crippen LogP contribution in [0.25, 0.3) is 0 Å². The maximum Gasteiger partial charge on any atom is 0.326 e. The number of aliphatic carboxylic acids is 1. The molecule has 0 aliphatic rings. The molecule has 0 spiro atoms. The molecule has 4 atom stereocenters. The summed E-state index contributed by atoms with van der Waals surface area (Å²) < 4.78 is 0. The Morgan fingerprint density at radius 3 is 1.67 bits per heavy atom. The van der Waals surface area contributed by atoms with Crippen molar-refractivity contribution in [3.63, 3.8) is 0 Å². The predicted octanol–water partition coefficient (Wildman–Crippen LogP) is 0.531. The number of amides is 3. The monoisotopic (exact) mass is 446 g/mol. The van der Waals surface area contributed by atoms with Gasteiger partial charge in [0.1, 0.15) is 18.1 Å². The maximum absolute atomic E-state index is 12.8. The number of hydrogen-bond donors (Lipinski definition) is 6. The molecule has 0 bridgehead atoms. The third-order valence-corrected chi connectivity index (χ3v) is 4.84. The first-order valence-electron chi connectivity index (χ1n) is 10.3. The van der Waals surface area contributed by atoms with Crippen molar-refractivity contribution < 1.29 is 24.3 Å². The zero-order chi connectivity index (χ0) is 23.6. The topological polar surface area (TPSA) is 151 Å². The maximum atomic E-state index is 12.8. The quantitative estimate of drug-likeness (QED) is 0.227. The molecule has 0 radical (unpaired) electrons. The molecule has 0 saturated heterocycles. The number of thiol groups is 1. The number of hydrogen-bond acceptors (Lipinski definition) is 6. The Balaban J connectivity index is 5.40. The lowest BCUT2D eigenvalue weighted by Gasteiger charge is -2.27. The minimum atomic E-state index is -1.13. The fourth-order valence-corrected chi connectivity index (χ4v) is 2.97. The second-order valence-electron chi connectivity index (χ2n) is 8.74. The van der Waals surface area contributed by atoms with Crippen molar-refractivity contribution >= 4 is 36.3 Å². The van der Waals surface area contributed by atoms with Gasteiger partial charge in [-0.05, 0) is 30.6 Å². The van der Waals surface area contributed by atoms with E-state index >= 15 is 0 Å². The van der Waals surface area contributed by atoms with Gasteiger partial charge in [0.25, 0.3) is 0 Å². The molecule has 0 aliphatic carbocycles. The average molecular weight is 447 g/mol. The summed E-state index contributed by atoms with van der Waals surface area (Å²) in [7, 11) is 0. The standard InChI is InChI=1S/C20H38N4O5S/c1-10(2)7-14(18(26)23-15(20(28)29)8-11(3)4)22-19(27)16(12(5)6)24-17(25)13(21)9-30/h10-16,30H,7-9,21H2,1-6H3,(H,22,27)(H,23,26)(H,24,25)(H,28,29). The van der Waals surface area contributed by atoms with E-state index in [9.17, 15) is 24.3 Å². The van der Waals surface area contributed by atoms with Crippen molar-refractivity contribution in [1.82, 2.24) is 16.0 Å². The van der Waals surface area contributed by atoms with Crippen LogP contribution >= 0.6 is 12.6 Å². The number of carbonyl (C=O) groups excluding carboxylic acids is 3. The van der Waals surface area contributed by atoms with Gasteiger partial charge >= 0.3 is 5.97 Å². The summed E-state index contributed by atoms with van der Waals surface area (Å²) in [5, 5.41) is 17.2. The number of carbonyl (C=O) groups is 4. The van der Waals surface area contributed by atoms with Crippen molar-refractivity contribution in [2.45, 2.75) is 78.6 Å². The Morgan fingerprint density at radius 2 is 1.27 bits per heavy atom. The van der Waals surface area contributed by atoms with Crippen LogP contribution in [0.5, 0.6) is 0 Å². The molecule has 4 unspecified atom stereocenters. The minimum Gasteiger partial charge on any atom is -0.480 e. The molecule has 0 aliphatic heterocycles.